The molecule has 0 spiro atoms. The van der Waals surface area contributed by atoms with Gasteiger partial charge in [0.15, 0.2) is 11.5 Å². The highest BCUT2D eigenvalue weighted by atomic mass is 31.2. The van der Waals surface area contributed by atoms with E-state index >= 15 is 0 Å². The summed E-state index contributed by atoms with van der Waals surface area (Å²) >= 11 is 0. The van der Waals surface area contributed by atoms with Crippen molar-refractivity contribution in [3.8, 4) is 11.5 Å². The van der Waals surface area contributed by atoms with Gasteiger partial charge in [-0.25, -0.2) is 4.57 Å². The van der Waals surface area contributed by atoms with Gasteiger partial charge in [0, 0.05) is 5.56 Å². The Hall–Kier alpha value is -2.06. The lowest BCUT2D eigenvalue weighted by Gasteiger charge is -2.08. The molecule has 0 bridgehead atoms. The van der Waals surface area contributed by atoms with E-state index in [9.17, 15) is 9.36 Å². The molecule has 2 aromatic rings. The van der Waals surface area contributed by atoms with Gasteiger partial charge in [-0.3, -0.25) is 4.79 Å². The Morgan fingerprint density at radius 1 is 0.833 bits per heavy atom. The fourth-order valence-corrected chi connectivity index (χ4v) is 3.19. The Bertz CT molecular complexity index is 622. The molecule has 0 atom stereocenters. The number of carbonyl (C=O) groups excluding carboxylic acids is 1. The second-order valence-corrected chi connectivity index (χ2v) is 5.56. The summed E-state index contributed by atoms with van der Waals surface area (Å²) in [7, 11) is -3.80. The number of hydrogen-bond donors (Lipinski definition) is 0. The van der Waals surface area contributed by atoms with Crippen molar-refractivity contribution in [2.24, 2.45) is 0 Å². The van der Waals surface area contributed by atoms with Crippen molar-refractivity contribution in [2.45, 2.75) is 0 Å². The van der Waals surface area contributed by atoms with E-state index in [1.54, 1.807) is 54.6 Å². The van der Waals surface area contributed by atoms with Crippen molar-refractivity contribution in [1.29, 1.82) is 0 Å². The van der Waals surface area contributed by atoms with Crippen LogP contribution in [0, 0.1) is 0 Å². The Labute approximate surface area is 104 Å². The average Bonchev–Trinajstić information content (AvgIpc) is 2.76. The van der Waals surface area contributed by atoms with Gasteiger partial charge in [0.1, 0.15) is 0 Å². The highest BCUT2D eigenvalue weighted by molar-refractivity contribution is 7.73. The quantitative estimate of drug-likeness (QED) is 0.775. The average molecular weight is 260 g/mol. The SMILES string of the molecule is O=C(c1ccccc1)P1(=O)Oc2ccccc2O1. The van der Waals surface area contributed by atoms with Crippen LogP contribution >= 0.6 is 7.60 Å². The zero-order valence-electron chi connectivity index (χ0n) is 9.28. The summed E-state index contributed by atoms with van der Waals surface area (Å²) < 4.78 is 22.8. The monoisotopic (exact) mass is 260 g/mol. The molecule has 1 heterocycles. The highest BCUT2D eigenvalue weighted by Crippen LogP contribution is 2.59. The summed E-state index contributed by atoms with van der Waals surface area (Å²) in [5, 5.41) is 0. The third-order valence-corrected chi connectivity index (χ3v) is 4.19. The van der Waals surface area contributed by atoms with Crippen molar-refractivity contribution in [1.82, 2.24) is 0 Å². The van der Waals surface area contributed by atoms with Gasteiger partial charge in [0.05, 0.1) is 0 Å². The lowest BCUT2D eigenvalue weighted by Crippen LogP contribution is -2.06. The van der Waals surface area contributed by atoms with Crippen LogP contribution in [-0.2, 0) is 4.57 Å². The first kappa shape index (κ1) is 11.1. The molecular formula is C13H9O4P. The zero-order valence-corrected chi connectivity index (χ0v) is 10.2. The molecule has 1 aliphatic rings. The molecule has 2 aromatic carbocycles. The number of para-hydroxylation sites is 2. The number of rotatable bonds is 2. The number of benzene rings is 2. The second kappa shape index (κ2) is 4.00. The second-order valence-electron chi connectivity index (χ2n) is 3.80. The number of hydrogen-bond acceptors (Lipinski definition) is 4. The van der Waals surface area contributed by atoms with Gasteiger partial charge in [-0.15, -0.1) is 0 Å². The molecule has 0 saturated heterocycles. The third kappa shape index (κ3) is 1.71. The minimum Gasteiger partial charge on any atom is -0.407 e. The first-order chi connectivity index (χ1) is 8.69. The summed E-state index contributed by atoms with van der Waals surface area (Å²) in [6.07, 6.45) is 0. The minimum absolute atomic E-state index is 0.314. The van der Waals surface area contributed by atoms with Gasteiger partial charge >= 0.3 is 7.60 Å². The molecule has 3 rings (SSSR count). The van der Waals surface area contributed by atoms with E-state index in [0.29, 0.717) is 17.1 Å². The van der Waals surface area contributed by atoms with Crippen molar-refractivity contribution in [3.05, 3.63) is 60.2 Å². The van der Waals surface area contributed by atoms with Gasteiger partial charge in [-0.2, -0.15) is 0 Å². The number of carbonyl (C=O) groups is 1. The van der Waals surface area contributed by atoms with Crippen LogP contribution in [0.1, 0.15) is 10.4 Å². The molecule has 5 heteroatoms. The molecule has 18 heavy (non-hydrogen) atoms. The van der Waals surface area contributed by atoms with E-state index in [0.717, 1.165) is 0 Å². The summed E-state index contributed by atoms with van der Waals surface area (Å²) in [6, 6.07) is 15.0. The van der Waals surface area contributed by atoms with E-state index in [1.807, 2.05) is 0 Å². The maximum absolute atomic E-state index is 12.4. The maximum Gasteiger partial charge on any atom is 0.503 e. The smallest absolute Gasteiger partial charge is 0.407 e. The van der Waals surface area contributed by atoms with Gasteiger partial charge in [0.2, 0.25) is 0 Å². The third-order valence-electron chi connectivity index (χ3n) is 2.56. The van der Waals surface area contributed by atoms with E-state index in [-0.39, 0.29) is 0 Å². The Kier molecular flexibility index (Phi) is 2.46. The largest absolute Gasteiger partial charge is 0.503 e. The van der Waals surface area contributed by atoms with Crippen LogP contribution in [0.3, 0.4) is 0 Å². The number of fused-ring (bicyclic) bond motifs is 1. The Morgan fingerprint density at radius 2 is 1.33 bits per heavy atom. The van der Waals surface area contributed by atoms with Crippen LogP contribution in [-0.4, -0.2) is 5.52 Å². The van der Waals surface area contributed by atoms with Crippen molar-refractivity contribution in [3.63, 3.8) is 0 Å². The van der Waals surface area contributed by atoms with E-state index < -0.39 is 13.1 Å². The van der Waals surface area contributed by atoms with Crippen LogP contribution in [0.4, 0.5) is 0 Å². The zero-order chi connectivity index (χ0) is 12.6. The molecular weight excluding hydrogens is 251 g/mol. The molecule has 0 fully saturated rings. The van der Waals surface area contributed by atoms with Gasteiger partial charge in [-0.1, -0.05) is 42.5 Å². The summed E-state index contributed by atoms with van der Waals surface area (Å²) in [4.78, 5) is 12.1. The molecule has 1 aliphatic heterocycles. The Morgan fingerprint density at radius 3 is 1.89 bits per heavy atom. The molecule has 90 valence electrons. The summed E-state index contributed by atoms with van der Waals surface area (Å²) in [5.41, 5.74) is -0.312. The van der Waals surface area contributed by atoms with E-state index in [4.69, 9.17) is 9.05 Å². The van der Waals surface area contributed by atoms with E-state index in [2.05, 4.69) is 0 Å². The van der Waals surface area contributed by atoms with E-state index in [1.165, 1.54) is 0 Å². The molecule has 0 aliphatic carbocycles. The van der Waals surface area contributed by atoms with Gasteiger partial charge < -0.3 is 9.05 Å². The van der Waals surface area contributed by atoms with Crippen molar-refractivity contribution in [2.75, 3.05) is 0 Å². The van der Waals surface area contributed by atoms with Crippen LogP contribution in [0.5, 0.6) is 11.5 Å². The molecule has 0 saturated carbocycles. The molecule has 0 radical (unpaired) electrons. The minimum atomic E-state index is -3.80. The molecule has 0 N–H and O–H groups in total. The summed E-state index contributed by atoms with van der Waals surface area (Å²) in [5.74, 6) is 0.676. The Balaban J connectivity index is 1.96. The maximum atomic E-state index is 12.4. The first-order valence-electron chi connectivity index (χ1n) is 5.37. The van der Waals surface area contributed by atoms with Crippen molar-refractivity contribution < 1.29 is 18.4 Å². The summed E-state index contributed by atoms with van der Waals surface area (Å²) in [6.45, 7) is 0. The fraction of sp³-hybridized carbons (Fsp3) is 0. The molecule has 0 amide bonds. The topological polar surface area (TPSA) is 52.6 Å². The molecule has 4 nitrogen and oxygen atoms in total. The first-order valence-corrected chi connectivity index (χ1v) is 6.91. The highest BCUT2D eigenvalue weighted by Gasteiger charge is 2.44. The van der Waals surface area contributed by atoms with Crippen molar-refractivity contribution >= 4 is 13.1 Å². The predicted octanol–water partition coefficient (Wildman–Crippen LogP) is 3.49. The van der Waals surface area contributed by atoms with Crippen LogP contribution < -0.4 is 9.05 Å². The van der Waals surface area contributed by atoms with Crippen LogP contribution in [0.2, 0.25) is 0 Å². The molecule has 0 aromatic heterocycles. The van der Waals surface area contributed by atoms with Gasteiger partial charge in [0.25, 0.3) is 5.52 Å². The lowest BCUT2D eigenvalue weighted by molar-refractivity contribution is 0.105. The fourth-order valence-electron chi connectivity index (χ4n) is 1.70. The van der Waals surface area contributed by atoms with Crippen LogP contribution in [0.25, 0.3) is 0 Å². The standard InChI is InChI=1S/C13H9O4P/c14-13(10-6-2-1-3-7-10)18(15)16-11-8-4-5-9-12(11)17-18/h1-9H. The van der Waals surface area contributed by atoms with Crippen LogP contribution in [0.15, 0.2) is 54.6 Å². The molecule has 0 unspecified atom stereocenters. The normalized spacial score (nSPS) is 15.3. The lowest BCUT2D eigenvalue weighted by atomic mass is 10.2. The predicted molar refractivity (Wildman–Crippen MR) is 66.1 cm³/mol. The van der Waals surface area contributed by atoms with Gasteiger partial charge in [-0.05, 0) is 12.1 Å².